The second-order valence-electron chi connectivity index (χ2n) is 1.92. The summed E-state index contributed by atoms with van der Waals surface area (Å²) in [6.07, 6.45) is 6.95. The number of hydrogen-bond donors (Lipinski definition) is 0. The fraction of sp³-hybridized carbons (Fsp3) is 0.444. The van der Waals surface area contributed by atoms with E-state index in [4.69, 9.17) is 0 Å². The maximum Gasteiger partial charge on any atom is 0.143 e. The van der Waals surface area contributed by atoms with Gasteiger partial charge < -0.3 is 0 Å². The van der Waals surface area contributed by atoms with Crippen molar-refractivity contribution in [3.8, 4) is 11.8 Å². The lowest BCUT2D eigenvalue weighted by Gasteiger charge is -1.81. The van der Waals surface area contributed by atoms with Crippen molar-refractivity contribution < 1.29 is 4.79 Å². The molecule has 0 spiro atoms. The van der Waals surface area contributed by atoms with Crippen LogP contribution in [0.3, 0.4) is 0 Å². The van der Waals surface area contributed by atoms with Crippen LogP contribution in [-0.2, 0) is 4.79 Å². The third-order valence-corrected chi connectivity index (χ3v) is 1.02. The van der Waals surface area contributed by atoms with E-state index in [1.165, 1.54) is 12.5 Å². The molecular weight excluding hydrogens is 124 g/mol. The second kappa shape index (κ2) is 7.97. The normalized spacial score (nSPS) is 8.90. The topological polar surface area (TPSA) is 17.1 Å². The van der Waals surface area contributed by atoms with Gasteiger partial charge in [0.05, 0.1) is 0 Å². The fourth-order valence-corrected chi connectivity index (χ4v) is 0.484. The molecule has 0 rings (SSSR count). The van der Waals surface area contributed by atoms with Crippen LogP contribution in [0.4, 0.5) is 0 Å². The third-order valence-electron chi connectivity index (χ3n) is 1.02. The predicted molar refractivity (Wildman–Crippen MR) is 42.5 cm³/mol. The summed E-state index contributed by atoms with van der Waals surface area (Å²) in [7, 11) is 0. The highest BCUT2D eigenvalue weighted by atomic mass is 16.1. The van der Waals surface area contributed by atoms with Gasteiger partial charge in [0, 0.05) is 6.42 Å². The van der Waals surface area contributed by atoms with Gasteiger partial charge >= 0.3 is 0 Å². The Morgan fingerprint density at radius 1 is 1.50 bits per heavy atom. The average Bonchev–Trinajstić information content (AvgIpc) is 1.97. The Labute approximate surface area is 62.1 Å². The van der Waals surface area contributed by atoms with Gasteiger partial charge in [0.15, 0.2) is 0 Å². The molecule has 0 aliphatic rings. The smallest absolute Gasteiger partial charge is 0.143 e. The van der Waals surface area contributed by atoms with E-state index < -0.39 is 0 Å². The maximum atomic E-state index is 9.74. The van der Waals surface area contributed by atoms with Gasteiger partial charge in [-0.25, -0.2) is 0 Å². The van der Waals surface area contributed by atoms with Crippen LogP contribution in [-0.4, -0.2) is 6.29 Å². The Bertz CT molecular complexity index is 157. The van der Waals surface area contributed by atoms with Gasteiger partial charge in [0.25, 0.3) is 0 Å². The van der Waals surface area contributed by atoms with E-state index in [1.807, 2.05) is 0 Å². The summed E-state index contributed by atoms with van der Waals surface area (Å²) in [5.74, 6) is 5.68. The average molecular weight is 136 g/mol. The Morgan fingerprint density at radius 2 is 2.30 bits per heavy atom. The van der Waals surface area contributed by atoms with Crippen molar-refractivity contribution >= 4 is 6.29 Å². The molecule has 0 bridgehead atoms. The molecule has 0 fully saturated rings. The van der Waals surface area contributed by atoms with Gasteiger partial charge in [-0.3, -0.25) is 4.79 Å². The standard InChI is InChI=1S/C9H12O/c1-2-3-4-5-6-7-8-9-10/h7-9H,2-4H2,1H3/b8-7-. The van der Waals surface area contributed by atoms with Gasteiger partial charge in [0.2, 0.25) is 0 Å². The molecule has 0 aromatic carbocycles. The van der Waals surface area contributed by atoms with Crippen molar-refractivity contribution in [1.29, 1.82) is 0 Å². The predicted octanol–water partition coefficient (Wildman–Crippen LogP) is 1.94. The van der Waals surface area contributed by atoms with E-state index in [1.54, 1.807) is 6.08 Å². The Kier molecular flexibility index (Phi) is 7.15. The first-order chi connectivity index (χ1) is 4.91. The summed E-state index contributed by atoms with van der Waals surface area (Å²) in [6, 6.07) is 0. The van der Waals surface area contributed by atoms with Gasteiger partial charge in [0.1, 0.15) is 6.29 Å². The lowest BCUT2D eigenvalue weighted by molar-refractivity contribution is -0.104. The lowest BCUT2D eigenvalue weighted by atomic mass is 10.2. The zero-order valence-corrected chi connectivity index (χ0v) is 6.26. The number of carbonyl (C=O) groups is 1. The highest BCUT2D eigenvalue weighted by Crippen LogP contribution is 1.89. The monoisotopic (exact) mass is 136 g/mol. The molecule has 0 saturated heterocycles. The largest absolute Gasteiger partial charge is 0.299 e. The molecule has 0 aliphatic carbocycles. The van der Waals surface area contributed by atoms with Crippen LogP contribution in [0.5, 0.6) is 0 Å². The molecular formula is C9H12O. The van der Waals surface area contributed by atoms with Crippen molar-refractivity contribution in [2.24, 2.45) is 0 Å². The van der Waals surface area contributed by atoms with Crippen LogP contribution in [0.2, 0.25) is 0 Å². The summed E-state index contributed by atoms with van der Waals surface area (Å²) in [5, 5.41) is 0. The summed E-state index contributed by atoms with van der Waals surface area (Å²) >= 11 is 0. The van der Waals surface area contributed by atoms with E-state index in [9.17, 15) is 4.79 Å². The maximum absolute atomic E-state index is 9.74. The third kappa shape index (κ3) is 6.97. The van der Waals surface area contributed by atoms with Crippen LogP contribution in [0, 0.1) is 11.8 Å². The Balaban J connectivity index is 3.30. The number of rotatable bonds is 3. The number of unbranched alkanes of at least 4 members (excludes halogenated alkanes) is 2. The van der Waals surface area contributed by atoms with E-state index in [-0.39, 0.29) is 0 Å². The quantitative estimate of drug-likeness (QED) is 0.251. The molecule has 1 heteroatoms. The van der Waals surface area contributed by atoms with Gasteiger partial charge in [-0.05, 0) is 18.6 Å². The zero-order chi connectivity index (χ0) is 7.66. The van der Waals surface area contributed by atoms with E-state index in [0.29, 0.717) is 0 Å². The molecule has 0 unspecified atom stereocenters. The van der Waals surface area contributed by atoms with Crippen molar-refractivity contribution in [3.63, 3.8) is 0 Å². The van der Waals surface area contributed by atoms with E-state index in [0.717, 1.165) is 19.1 Å². The van der Waals surface area contributed by atoms with Crippen LogP contribution in [0.25, 0.3) is 0 Å². The summed E-state index contributed by atoms with van der Waals surface area (Å²) in [6.45, 7) is 2.13. The molecule has 0 N–H and O–H groups in total. The SMILES string of the molecule is CCCCC#C/C=C\C=O. The minimum absolute atomic E-state index is 0.731. The minimum Gasteiger partial charge on any atom is -0.299 e. The highest BCUT2D eigenvalue weighted by Gasteiger charge is 1.73. The first kappa shape index (κ1) is 8.97. The number of hydrogen-bond acceptors (Lipinski definition) is 1. The van der Waals surface area contributed by atoms with Crippen molar-refractivity contribution in [1.82, 2.24) is 0 Å². The molecule has 0 heterocycles. The summed E-state index contributed by atoms with van der Waals surface area (Å²) < 4.78 is 0. The second-order valence-corrected chi connectivity index (χ2v) is 1.92. The minimum atomic E-state index is 0.731. The van der Waals surface area contributed by atoms with Crippen LogP contribution >= 0.6 is 0 Å². The van der Waals surface area contributed by atoms with Crippen molar-refractivity contribution in [2.45, 2.75) is 26.2 Å². The van der Waals surface area contributed by atoms with Gasteiger partial charge in [-0.15, -0.1) is 0 Å². The Morgan fingerprint density at radius 3 is 2.90 bits per heavy atom. The molecule has 10 heavy (non-hydrogen) atoms. The van der Waals surface area contributed by atoms with Gasteiger partial charge in [-0.1, -0.05) is 25.2 Å². The molecule has 54 valence electrons. The van der Waals surface area contributed by atoms with Gasteiger partial charge in [-0.2, -0.15) is 0 Å². The zero-order valence-electron chi connectivity index (χ0n) is 6.26. The molecule has 0 aromatic rings. The van der Waals surface area contributed by atoms with Crippen LogP contribution in [0.1, 0.15) is 26.2 Å². The molecule has 0 aromatic heterocycles. The summed E-state index contributed by atoms with van der Waals surface area (Å²) in [5.41, 5.74) is 0. The van der Waals surface area contributed by atoms with Crippen LogP contribution < -0.4 is 0 Å². The first-order valence-corrected chi connectivity index (χ1v) is 3.50. The lowest BCUT2D eigenvalue weighted by Crippen LogP contribution is -1.65. The fourth-order valence-electron chi connectivity index (χ4n) is 0.484. The number of aldehydes is 1. The molecule has 1 nitrogen and oxygen atoms in total. The number of carbonyl (C=O) groups excluding carboxylic acids is 1. The van der Waals surface area contributed by atoms with E-state index >= 15 is 0 Å². The van der Waals surface area contributed by atoms with Crippen molar-refractivity contribution in [2.75, 3.05) is 0 Å². The number of allylic oxidation sites excluding steroid dienone is 2. The molecule has 0 atom stereocenters. The molecule has 0 amide bonds. The molecule has 0 radical (unpaired) electrons. The molecule has 0 aliphatic heterocycles. The van der Waals surface area contributed by atoms with E-state index in [2.05, 4.69) is 18.8 Å². The Hall–Kier alpha value is -1.03. The van der Waals surface area contributed by atoms with Crippen molar-refractivity contribution in [3.05, 3.63) is 12.2 Å². The highest BCUT2D eigenvalue weighted by molar-refractivity contribution is 5.65. The summed E-state index contributed by atoms with van der Waals surface area (Å²) in [4.78, 5) is 9.74. The van der Waals surface area contributed by atoms with Crippen LogP contribution in [0.15, 0.2) is 12.2 Å². The first-order valence-electron chi connectivity index (χ1n) is 3.50. The molecule has 0 saturated carbocycles.